The van der Waals surface area contributed by atoms with Crippen molar-refractivity contribution in [1.82, 2.24) is 16.0 Å². The maximum atomic E-state index is 12.0. The van der Waals surface area contributed by atoms with Crippen LogP contribution in [0.2, 0.25) is 0 Å². The van der Waals surface area contributed by atoms with Gasteiger partial charge >= 0.3 is 0 Å². The van der Waals surface area contributed by atoms with E-state index in [9.17, 15) is 9.90 Å². The molecule has 1 heterocycles. The average molecular weight is 354 g/mol. The van der Waals surface area contributed by atoms with Crippen LogP contribution in [0.15, 0.2) is 4.99 Å². The summed E-state index contributed by atoms with van der Waals surface area (Å²) in [7, 11) is 0. The summed E-state index contributed by atoms with van der Waals surface area (Å²) in [4.78, 5) is 16.6. The summed E-state index contributed by atoms with van der Waals surface area (Å²) in [5, 5.41) is 18.9. The number of hydrogen-bond acceptors (Lipinski definition) is 4. The van der Waals surface area contributed by atoms with Crippen molar-refractivity contribution in [2.75, 3.05) is 39.5 Å². The van der Waals surface area contributed by atoms with Gasteiger partial charge in [-0.3, -0.25) is 9.79 Å². The number of guanidine groups is 1. The maximum absolute atomic E-state index is 12.0. The van der Waals surface area contributed by atoms with Crippen LogP contribution in [0, 0.1) is 5.41 Å². The van der Waals surface area contributed by atoms with Gasteiger partial charge in [-0.25, -0.2) is 0 Å². The molecule has 4 N–H and O–H groups in total. The Morgan fingerprint density at radius 2 is 2.12 bits per heavy atom. The minimum Gasteiger partial charge on any atom is -0.396 e. The minimum absolute atomic E-state index is 0.0586. The van der Waals surface area contributed by atoms with Gasteiger partial charge in [0.1, 0.15) is 0 Å². The van der Waals surface area contributed by atoms with Gasteiger partial charge in [-0.05, 0) is 32.6 Å². The molecule has 1 saturated heterocycles. The van der Waals surface area contributed by atoms with Crippen LogP contribution in [0.5, 0.6) is 0 Å². The number of aliphatic hydroxyl groups excluding tert-OH is 1. The first kappa shape index (κ1) is 20.0. The predicted octanol–water partition coefficient (Wildman–Crippen LogP) is 0.780. The standard InChI is InChI=1S/C18H34N4O3/c1-2-19-17(21-13-18(8-11-23)9-12-25-14-18)20-10-7-16(24)22-15-5-3-4-6-15/h15,23H,2-14H2,1H3,(H,22,24)(H2,19,20,21). The van der Waals surface area contributed by atoms with Crippen molar-refractivity contribution in [3.05, 3.63) is 0 Å². The number of carbonyl (C=O) groups is 1. The molecule has 144 valence electrons. The zero-order chi connectivity index (χ0) is 18.0. The summed E-state index contributed by atoms with van der Waals surface area (Å²) in [5.41, 5.74) is -0.0586. The SMILES string of the molecule is CCNC(=NCC1(CCO)CCOC1)NCCC(=O)NC1CCCC1. The van der Waals surface area contributed by atoms with Gasteiger partial charge in [-0.15, -0.1) is 0 Å². The van der Waals surface area contributed by atoms with E-state index < -0.39 is 0 Å². The molecule has 1 atom stereocenters. The molecule has 0 aromatic carbocycles. The quantitative estimate of drug-likeness (QED) is 0.363. The number of nitrogens with zero attached hydrogens (tertiary/aromatic N) is 1. The summed E-state index contributed by atoms with van der Waals surface area (Å²) >= 11 is 0. The molecular weight excluding hydrogens is 320 g/mol. The highest BCUT2D eigenvalue weighted by Gasteiger charge is 2.34. The Labute approximate surface area is 151 Å². The zero-order valence-corrected chi connectivity index (χ0v) is 15.5. The molecule has 1 aliphatic heterocycles. The van der Waals surface area contributed by atoms with Gasteiger partial charge in [0.25, 0.3) is 0 Å². The zero-order valence-electron chi connectivity index (χ0n) is 15.5. The van der Waals surface area contributed by atoms with Gasteiger partial charge in [0.05, 0.1) is 13.2 Å². The van der Waals surface area contributed by atoms with Gasteiger partial charge < -0.3 is 25.8 Å². The van der Waals surface area contributed by atoms with Gasteiger partial charge in [0, 0.05) is 44.2 Å². The van der Waals surface area contributed by atoms with Crippen molar-refractivity contribution in [3.63, 3.8) is 0 Å². The second kappa shape index (κ2) is 10.6. The van der Waals surface area contributed by atoms with E-state index in [4.69, 9.17) is 4.74 Å². The number of hydrogen-bond donors (Lipinski definition) is 4. The fourth-order valence-electron chi connectivity index (χ4n) is 3.54. The smallest absolute Gasteiger partial charge is 0.221 e. The molecule has 2 rings (SSSR count). The largest absolute Gasteiger partial charge is 0.396 e. The molecule has 1 aliphatic carbocycles. The molecule has 7 nitrogen and oxygen atoms in total. The van der Waals surface area contributed by atoms with E-state index in [1.54, 1.807) is 0 Å². The van der Waals surface area contributed by atoms with E-state index >= 15 is 0 Å². The lowest BCUT2D eigenvalue weighted by Gasteiger charge is -2.24. The van der Waals surface area contributed by atoms with E-state index in [2.05, 4.69) is 20.9 Å². The Morgan fingerprint density at radius 3 is 2.76 bits per heavy atom. The fourth-order valence-corrected chi connectivity index (χ4v) is 3.54. The second-order valence-electron chi connectivity index (χ2n) is 7.20. The van der Waals surface area contributed by atoms with E-state index in [1.165, 1.54) is 12.8 Å². The van der Waals surface area contributed by atoms with Gasteiger partial charge in [-0.1, -0.05) is 12.8 Å². The summed E-state index contributed by atoms with van der Waals surface area (Å²) in [6, 6.07) is 0.370. The predicted molar refractivity (Wildman–Crippen MR) is 98.6 cm³/mol. The lowest BCUT2D eigenvalue weighted by molar-refractivity contribution is -0.121. The Kier molecular flexibility index (Phi) is 8.48. The van der Waals surface area contributed by atoms with E-state index in [0.29, 0.717) is 38.6 Å². The Hall–Kier alpha value is -1.34. The number of aliphatic imine (C=N–C) groups is 1. The Morgan fingerprint density at radius 1 is 1.32 bits per heavy atom. The highest BCUT2D eigenvalue weighted by molar-refractivity contribution is 5.81. The van der Waals surface area contributed by atoms with Crippen molar-refractivity contribution in [2.45, 2.75) is 57.9 Å². The van der Waals surface area contributed by atoms with Crippen molar-refractivity contribution >= 4 is 11.9 Å². The summed E-state index contributed by atoms with van der Waals surface area (Å²) in [6.07, 6.45) is 6.75. The van der Waals surface area contributed by atoms with Crippen LogP contribution in [0.25, 0.3) is 0 Å². The monoisotopic (exact) mass is 354 g/mol. The first-order chi connectivity index (χ1) is 12.2. The second-order valence-corrected chi connectivity index (χ2v) is 7.20. The van der Waals surface area contributed by atoms with Gasteiger partial charge in [0.2, 0.25) is 5.91 Å². The number of nitrogens with one attached hydrogen (secondary N) is 3. The highest BCUT2D eigenvalue weighted by Crippen LogP contribution is 2.32. The van der Waals surface area contributed by atoms with Crippen molar-refractivity contribution in [1.29, 1.82) is 0 Å². The molecule has 2 aliphatic rings. The molecule has 0 spiro atoms. The topological polar surface area (TPSA) is 95.0 Å². The van der Waals surface area contributed by atoms with Crippen molar-refractivity contribution in [3.8, 4) is 0 Å². The average Bonchev–Trinajstić information content (AvgIpc) is 3.25. The van der Waals surface area contributed by atoms with Crippen LogP contribution >= 0.6 is 0 Å². The minimum atomic E-state index is -0.0586. The van der Waals surface area contributed by atoms with E-state index in [-0.39, 0.29) is 17.9 Å². The molecule has 1 amide bonds. The van der Waals surface area contributed by atoms with Gasteiger partial charge in [-0.2, -0.15) is 0 Å². The molecule has 1 unspecified atom stereocenters. The van der Waals surface area contributed by atoms with Crippen molar-refractivity contribution < 1.29 is 14.6 Å². The molecule has 0 aromatic heterocycles. The lowest BCUT2D eigenvalue weighted by atomic mass is 9.84. The van der Waals surface area contributed by atoms with Crippen molar-refractivity contribution in [2.24, 2.45) is 10.4 Å². The molecule has 0 radical (unpaired) electrons. The number of aliphatic hydroxyl groups is 1. The Bertz CT molecular complexity index is 430. The summed E-state index contributed by atoms with van der Waals surface area (Å²) in [5.74, 6) is 0.830. The first-order valence-electron chi connectivity index (χ1n) is 9.67. The van der Waals surface area contributed by atoms with Crippen LogP contribution < -0.4 is 16.0 Å². The van der Waals surface area contributed by atoms with E-state index in [1.807, 2.05) is 6.92 Å². The van der Waals surface area contributed by atoms with Crippen LogP contribution in [0.3, 0.4) is 0 Å². The molecule has 0 bridgehead atoms. The molecule has 1 saturated carbocycles. The third kappa shape index (κ3) is 6.82. The van der Waals surface area contributed by atoms with Gasteiger partial charge in [0.15, 0.2) is 5.96 Å². The van der Waals surface area contributed by atoms with E-state index in [0.717, 1.165) is 38.4 Å². The highest BCUT2D eigenvalue weighted by atomic mass is 16.5. The molecule has 25 heavy (non-hydrogen) atoms. The fraction of sp³-hybridized carbons (Fsp3) is 0.889. The van der Waals surface area contributed by atoms with Crippen LogP contribution in [-0.2, 0) is 9.53 Å². The lowest BCUT2D eigenvalue weighted by Crippen LogP contribution is -2.41. The number of rotatable bonds is 9. The van der Waals surface area contributed by atoms with Crippen LogP contribution in [0.4, 0.5) is 0 Å². The first-order valence-corrected chi connectivity index (χ1v) is 9.67. The number of amides is 1. The molecule has 2 fully saturated rings. The third-order valence-corrected chi connectivity index (χ3v) is 5.11. The maximum Gasteiger partial charge on any atom is 0.221 e. The van der Waals surface area contributed by atoms with Crippen LogP contribution in [-0.4, -0.2) is 62.5 Å². The molecule has 7 heteroatoms. The Balaban J connectivity index is 1.75. The number of carbonyl (C=O) groups excluding carboxylic acids is 1. The van der Waals surface area contributed by atoms with Crippen LogP contribution in [0.1, 0.15) is 51.9 Å². The summed E-state index contributed by atoms with van der Waals surface area (Å²) in [6.45, 7) is 5.52. The third-order valence-electron chi connectivity index (χ3n) is 5.11. The normalized spacial score (nSPS) is 24.5. The summed E-state index contributed by atoms with van der Waals surface area (Å²) < 4.78 is 5.51. The molecule has 0 aromatic rings. The number of ether oxygens (including phenoxy) is 1. The molecular formula is C18H34N4O3.